The Labute approximate surface area is 317 Å². The summed E-state index contributed by atoms with van der Waals surface area (Å²) in [5, 5.41) is 4.33. The van der Waals surface area contributed by atoms with Crippen LogP contribution in [0.15, 0.2) is 170 Å². The first-order chi connectivity index (χ1) is 27.2. The molecule has 0 bridgehead atoms. The van der Waals surface area contributed by atoms with E-state index in [2.05, 4.69) is 158 Å². The summed E-state index contributed by atoms with van der Waals surface area (Å²) in [4.78, 5) is 22.4. The minimum Gasteiger partial charge on any atom is -0.344 e. The maximum atomic E-state index is 5.30. The molecule has 4 aromatic heterocycles. The van der Waals surface area contributed by atoms with Crippen molar-refractivity contribution in [2.45, 2.75) is 5.41 Å². The number of hydrogen-bond donors (Lipinski definition) is 0. The van der Waals surface area contributed by atoms with Crippen LogP contribution >= 0.6 is 0 Å². The van der Waals surface area contributed by atoms with Gasteiger partial charge in [-0.15, -0.1) is 0 Å². The number of nitrogens with zero attached hydrogens (tertiary/aromatic N) is 5. The summed E-state index contributed by atoms with van der Waals surface area (Å²) in [6.45, 7) is 0. The van der Waals surface area contributed by atoms with Crippen LogP contribution in [0.25, 0.3) is 77.3 Å². The number of benzene rings is 6. The van der Waals surface area contributed by atoms with Gasteiger partial charge in [-0.1, -0.05) is 109 Å². The molecule has 55 heavy (non-hydrogen) atoms. The Morgan fingerprint density at radius 2 is 0.909 bits per heavy atom. The van der Waals surface area contributed by atoms with E-state index >= 15 is 0 Å². The Kier molecular flexibility index (Phi) is 6.12. The van der Waals surface area contributed by atoms with E-state index in [1.807, 2.05) is 24.5 Å². The second-order valence-electron chi connectivity index (χ2n) is 14.7. The van der Waals surface area contributed by atoms with Gasteiger partial charge in [-0.05, 0) is 81.9 Å². The molecule has 0 radical (unpaired) electrons. The van der Waals surface area contributed by atoms with Gasteiger partial charge in [0.05, 0.1) is 38.9 Å². The van der Waals surface area contributed by atoms with Crippen molar-refractivity contribution in [1.29, 1.82) is 0 Å². The van der Waals surface area contributed by atoms with Crippen LogP contribution in [-0.4, -0.2) is 27.0 Å². The van der Waals surface area contributed by atoms with Crippen LogP contribution in [0, 0.1) is 0 Å². The molecule has 256 valence electrons. The minimum absolute atomic E-state index is 0.591. The van der Waals surface area contributed by atoms with Crippen LogP contribution in [0.1, 0.15) is 22.3 Å². The van der Waals surface area contributed by atoms with Gasteiger partial charge in [-0.2, -0.15) is 0 Å². The van der Waals surface area contributed by atoms with Gasteiger partial charge in [0.25, 0.3) is 0 Å². The third kappa shape index (κ3) is 4.12. The smallest absolute Gasteiger partial charge is 0.0972 e. The molecule has 1 atom stereocenters. The van der Waals surface area contributed by atoms with Crippen molar-refractivity contribution in [3.05, 3.63) is 192 Å². The molecule has 0 N–H and O–H groups in total. The molecule has 1 unspecified atom stereocenters. The van der Waals surface area contributed by atoms with Gasteiger partial charge >= 0.3 is 0 Å². The molecule has 1 aliphatic carbocycles. The molecule has 10 aromatic rings. The third-order valence-corrected chi connectivity index (χ3v) is 11.9. The van der Waals surface area contributed by atoms with Gasteiger partial charge < -0.3 is 4.90 Å². The summed E-state index contributed by atoms with van der Waals surface area (Å²) in [6.07, 6.45) is 3.70. The molecule has 0 fully saturated rings. The molecule has 12 rings (SSSR count). The van der Waals surface area contributed by atoms with Crippen molar-refractivity contribution in [1.82, 2.24) is 19.9 Å². The summed E-state index contributed by atoms with van der Waals surface area (Å²) in [6, 6.07) is 57.0. The van der Waals surface area contributed by atoms with Crippen molar-refractivity contribution in [2.24, 2.45) is 0 Å². The lowest BCUT2D eigenvalue weighted by atomic mass is 9.64. The van der Waals surface area contributed by atoms with E-state index in [0.717, 1.165) is 66.1 Å². The molecule has 0 amide bonds. The van der Waals surface area contributed by atoms with Crippen LogP contribution in [-0.2, 0) is 5.41 Å². The predicted octanol–water partition coefficient (Wildman–Crippen LogP) is 11.7. The molecule has 6 aromatic carbocycles. The Morgan fingerprint density at radius 1 is 0.400 bits per heavy atom. The number of hydrogen-bond acceptors (Lipinski definition) is 5. The molecular formula is C50H31N5. The topological polar surface area (TPSA) is 54.8 Å². The lowest BCUT2D eigenvalue weighted by molar-refractivity contribution is 0.749. The number of anilines is 2. The van der Waals surface area contributed by atoms with E-state index in [-0.39, 0.29) is 0 Å². The van der Waals surface area contributed by atoms with Crippen molar-refractivity contribution in [2.75, 3.05) is 11.9 Å². The van der Waals surface area contributed by atoms with Gasteiger partial charge in [0.15, 0.2) is 0 Å². The molecule has 5 heterocycles. The molecule has 1 spiro atoms. The van der Waals surface area contributed by atoms with Gasteiger partial charge in [0.2, 0.25) is 0 Å². The lowest BCUT2D eigenvalue weighted by Gasteiger charge is -2.44. The van der Waals surface area contributed by atoms with Gasteiger partial charge in [0, 0.05) is 63.5 Å². The SMILES string of the molecule is CN1c2ccccc2C2(c3ccccc3-c3ccc(-c4ccc5ccc6cccnc6c5n4)cc32)c2cc(-c3ccc4ccc5cccnc5c4n3)ccc21. The predicted molar refractivity (Wildman–Crippen MR) is 224 cm³/mol. The van der Waals surface area contributed by atoms with Crippen LogP contribution in [0.5, 0.6) is 0 Å². The van der Waals surface area contributed by atoms with Crippen LogP contribution in [0.3, 0.4) is 0 Å². The van der Waals surface area contributed by atoms with Gasteiger partial charge in [-0.25, -0.2) is 9.97 Å². The van der Waals surface area contributed by atoms with Crippen molar-refractivity contribution in [3.63, 3.8) is 0 Å². The fourth-order valence-electron chi connectivity index (χ4n) is 9.43. The van der Waals surface area contributed by atoms with E-state index in [0.29, 0.717) is 0 Å². The van der Waals surface area contributed by atoms with Crippen LogP contribution in [0.2, 0.25) is 0 Å². The standard InChI is InChI=1S/C50H31N5/c1-55-44-13-5-4-12-39(44)50(41-29-35(21-25-45(41)55)43-24-20-33-17-15-31-9-7-27-52-47(31)49(33)54-43)38-11-3-2-10-36(38)37-22-18-34(28-40(37)50)42-23-19-32-16-14-30-8-6-26-51-46(30)48(32)53-42/h2-29H,1H3. The average Bonchev–Trinajstić information content (AvgIpc) is 3.55. The highest BCUT2D eigenvalue weighted by molar-refractivity contribution is 6.05. The van der Waals surface area contributed by atoms with E-state index in [4.69, 9.17) is 19.9 Å². The van der Waals surface area contributed by atoms with E-state index in [1.54, 1.807) is 0 Å². The zero-order valence-corrected chi connectivity index (χ0v) is 29.9. The first-order valence-electron chi connectivity index (χ1n) is 18.7. The number of para-hydroxylation sites is 1. The van der Waals surface area contributed by atoms with Crippen molar-refractivity contribution >= 4 is 55.0 Å². The fraction of sp³-hybridized carbons (Fsp3) is 0.0400. The summed E-state index contributed by atoms with van der Waals surface area (Å²) in [5.41, 5.74) is 17.0. The number of fused-ring (bicyclic) bond motifs is 15. The number of aromatic nitrogens is 4. The second-order valence-corrected chi connectivity index (χ2v) is 14.7. The largest absolute Gasteiger partial charge is 0.344 e. The normalized spacial score (nSPS) is 15.4. The average molecular weight is 702 g/mol. The van der Waals surface area contributed by atoms with E-state index < -0.39 is 5.41 Å². The fourth-order valence-corrected chi connectivity index (χ4v) is 9.43. The molecule has 0 saturated heterocycles. The third-order valence-electron chi connectivity index (χ3n) is 11.9. The maximum Gasteiger partial charge on any atom is 0.0972 e. The molecule has 1 aliphatic heterocycles. The molecule has 2 aliphatic rings. The summed E-state index contributed by atoms with van der Waals surface area (Å²) >= 11 is 0. The molecule has 0 saturated carbocycles. The Bertz CT molecular complexity index is 3260. The number of pyridine rings is 4. The number of rotatable bonds is 2. The second kappa shape index (κ2) is 11.1. The Balaban J connectivity index is 1.13. The quantitative estimate of drug-likeness (QED) is 0.168. The van der Waals surface area contributed by atoms with Crippen molar-refractivity contribution in [3.8, 4) is 33.6 Å². The van der Waals surface area contributed by atoms with Gasteiger partial charge in [-0.3, -0.25) is 9.97 Å². The monoisotopic (exact) mass is 701 g/mol. The zero-order chi connectivity index (χ0) is 36.3. The van der Waals surface area contributed by atoms with E-state index in [1.165, 1.54) is 44.8 Å². The molecular weight excluding hydrogens is 671 g/mol. The summed E-state index contributed by atoms with van der Waals surface area (Å²) in [7, 11) is 2.19. The highest BCUT2D eigenvalue weighted by Gasteiger charge is 2.51. The Morgan fingerprint density at radius 3 is 1.58 bits per heavy atom. The van der Waals surface area contributed by atoms with E-state index in [9.17, 15) is 0 Å². The minimum atomic E-state index is -0.591. The lowest BCUT2D eigenvalue weighted by Crippen LogP contribution is -2.36. The first-order valence-corrected chi connectivity index (χ1v) is 18.7. The Hall–Kier alpha value is -7.24. The summed E-state index contributed by atoms with van der Waals surface area (Å²) in [5.74, 6) is 0. The molecule has 5 heteroatoms. The summed E-state index contributed by atoms with van der Waals surface area (Å²) < 4.78 is 0. The maximum absolute atomic E-state index is 5.30. The van der Waals surface area contributed by atoms with Crippen LogP contribution < -0.4 is 4.90 Å². The van der Waals surface area contributed by atoms with Crippen molar-refractivity contribution < 1.29 is 0 Å². The van der Waals surface area contributed by atoms with Gasteiger partial charge in [0.1, 0.15) is 0 Å². The highest BCUT2D eigenvalue weighted by atomic mass is 15.1. The zero-order valence-electron chi connectivity index (χ0n) is 29.9. The highest BCUT2D eigenvalue weighted by Crippen LogP contribution is 2.62. The molecule has 5 nitrogen and oxygen atoms in total. The van der Waals surface area contributed by atoms with Crippen LogP contribution in [0.4, 0.5) is 11.4 Å². The first kappa shape index (κ1) is 30.2.